The first-order chi connectivity index (χ1) is 22.1. The minimum Gasteiger partial charge on any atom is -0.353 e. The van der Waals surface area contributed by atoms with Gasteiger partial charge in [-0.15, -0.1) is 12.3 Å². The Kier molecular flexibility index (Phi) is 56.3. The summed E-state index contributed by atoms with van der Waals surface area (Å²) in [6.45, 7) is 15.1. The summed E-state index contributed by atoms with van der Waals surface area (Å²) in [5.74, 6) is 17.3. The second kappa shape index (κ2) is 50.4. The molecule has 0 atom stereocenters. The zero-order valence-electron chi connectivity index (χ0n) is 30.2. The average Bonchev–Trinajstić information content (AvgIpc) is 3.04. The summed E-state index contributed by atoms with van der Waals surface area (Å²) >= 11 is 2.95. The zero-order chi connectivity index (χ0) is 33.9. The van der Waals surface area contributed by atoms with Crippen LogP contribution in [-0.4, -0.2) is 39.0 Å². The molecule has 0 aliphatic carbocycles. The van der Waals surface area contributed by atoms with Crippen molar-refractivity contribution >= 4 is 15.9 Å². The van der Waals surface area contributed by atoms with Crippen molar-refractivity contribution in [2.24, 2.45) is 0 Å². The van der Waals surface area contributed by atoms with Crippen LogP contribution in [0.3, 0.4) is 0 Å². The summed E-state index contributed by atoms with van der Waals surface area (Å²) in [5, 5.41) is 0. The molecule has 0 saturated carbocycles. The lowest BCUT2D eigenvalue weighted by Crippen LogP contribution is -2.17. The fourth-order valence-corrected chi connectivity index (χ4v) is 4.59. The number of halogens is 1. The van der Waals surface area contributed by atoms with Crippen molar-refractivity contribution < 1.29 is 18.9 Å². The van der Waals surface area contributed by atoms with Gasteiger partial charge in [-0.1, -0.05) is 103 Å². The fourth-order valence-electron chi connectivity index (χ4n) is 4.31. The molecule has 268 valence electrons. The molecule has 0 aromatic carbocycles. The van der Waals surface area contributed by atoms with Gasteiger partial charge in [0, 0.05) is 68.0 Å². The van der Waals surface area contributed by atoms with E-state index in [0.717, 1.165) is 65.0 Å². The minimum atomic E-state index is 0. The van der Waals surface area contributed by atoms with Gasteiger partial charge in [0.05, 0.1) is 0 Å². The molecule has 0 N–H and O–H groups in total. The van der Waals surface area contributed by atoms with Crippen molar-refractivity contribution in [3.63, 3.8) is 0 Å². The molecular formula is C41H73BrO4. The van der Waals surface area contributed by atoms with Gasteiger partial charge in [0.1, 0.15) is 0 Å². The second-order valence-electron chi connectivity index (χ2n) is 10.5. The maximum atomic E-state index is 5.54. The van der Waals surface area contributed by atoms with Gasteiger partial charge in [-0.25, -0.2) is 0 Å². The van der Waals surface area contributed by atoms with Crippen LogP contribution in [0.1, 0.15) is 177 Å². The van der Waals surface area contributed by atoms with Crippen molar-refractivity contribution in [1.82, 2.24) is 0 Å². The molecule has 0 aromatic heterocycles. The number of unbranched alkanes of at least 4 members (excludes halogenated alkanes) is 14. The van der Waals surface area contributed by atoms with E-state index in [9.17, 15) is 0 Å². The molecule has 4 nitrogen and oxygen atoms in total. The van der Waals surface area contributed by atoms with Crippen LogP contribution in [0, 0.1) is 46.8 Å². The first-order valence-electron chi connectivity index (χ1n) is 18.0. The van der Waals surface area contributed by atoms with Gasteiger partial charge < -0.3 is 18.9 Å². The molecule has 0 amide bonds. The van der Waals surface area contributed by atoms with Crippen LogP contribution in [0.25, 0.3) is 0 Å². The summed E-state index contributed by atoms with van der Waals surface area (Å²) < 4.78 is 22.1. The molecule has 0 aliphatic heterocycles. The van der Waals surface area contributed by atoms with Gasteiger partial charge in [0.15, 0.2) is 12.6 Å². The summed E-state index contributed by atoms with van der Waals surface area (Å²) in [4.78, 5) is 2.58. The standard InChI is InChI=1S/C20H34O2.C16H30O2.C4H5Br.CH4/c1-4-7-8-9-10-11-12-13-14-15-16-17-18-19-20(21-5-2)22-6-3;1-4-7-8-9-10-11-12-13-14-15-16(17-5-2)18-6-3;1-2-3-4-5;/h20H,4-6,11-19H2,1-3H3;1,16H,5-15H2,2-3H3;2H2,1H3;1H4. The van der Waals surface area contributed by atoms with Crippen LogP contribution in [0.15, 0.2) is 0 Å². The summed E-state index contributed by atoms with van der Waals surface area (Å²) in [6, 6.07) is 0. The molecule has 0 unspecified atom stereocenters. The third-order valence-electron chi connectivity index (χ3n) is 6.57. The van der Waals surface area contributed by atoms with E-state index >= 15 is 0 Å². The Labute approximate surface area is 297 Å². The highest BCUT2D eigenvalue weighted by Crippen LogP contribution is 2.13. The Morgan fingerprint density at radius 3 is 1.15 bits per heavy atom. The van der Waals surface area contributed by atoms with E-state index in [1.807, 2.05) is 41.5 Å². The van der Waals surface area contributed by atoms with E-state index < -0.39 is 0 Å². The number of terminal acetylenes is 1. The highest BCUT2D eigenvalue weighted by molar-refractivity contribution is 9.12. The normalized spacial score (nSPS) is 9.57. The van der Waals surface area contributed by atoms with E-state index in [0.29, 0.717) is 0 Å². The molecule has 0 bridgehead atoms. The maximum Gasteiger partial charge on any atom is 0.157 e. The van der Waals surface area contributed by atoms with Crippen molar-refractivity contribution in [2.45, 2.75) is 190 Å². The summed E-state index contributed by atoms with van der Waals surface area (Å²) in [5.41, 5.74) is 0. The number of hydrogen-bond acceptors (Lipinski definition) is 4. The van der Waals surface area contributed by atoms with Gasteiger partial charge >= 0.3 is 0 Å². The molecule has 46 heavy (non-hydrogen) atoms. The molecule has 0 radical (unpaired) electrons. The van der Waals surface area contributed by atoms with Crippen LogP contribution in [0.2, 0.25) is 0 Å². The van der Waals surface area contributed by atoms with Crippen LogP contribution >= 0.6 is 15.9 Å². The summed E-state index contributed by atoms with van der Waals surface area (Å²) in [6.07, 6.45) is 28.9. The minimum absolute atomic E-state index is 0. The SMILES string of the molecule is C.C#CCCCCCCCCCC(OCC)OCC.CCC#CBr.CCC#CC#CCCCCCCCCCC(OCC)OCC. The van der Waals surface area contributed by atoms with E-state index in [2.05, 4.69) is 56.3 Å². The predicted octanol–water partition coefficient (Wildman–Crippen LogP) is 12.2. The van der Waals surface area contributed by atoms with Gasteiger partial charge in [-0.05, 0) is 82.9 Å². The van der Waals surface area contributed by atoms with E-state index in [1.165, 1.54) is 89.9 Å². The van der Waals surface area contributed by atoms with Crippen molar-refractivity contribution in [2.75, 3.05) is 26.4 Å². The maximum absolute atomic E-state index is 5.54. The Balaban J connectivity index is -0.000000332. The molecule has 0 aliphatic rings. The molecule has 0 saturated heterocycles. The molecular weight excluding hydrogens is 636 g/mol. The van der Waals surface area contributed by atoms with Gasteiger partial charge in [-0.3, -0.25) is 0 Å². The van der Waals surface area contributed by atoms with Crippen LogP contribution in [-0.2, 0) is 18.9 Å². The van der Waals surface area contributed by atoms with Crippen LogP contribution in [0.4, 0.5) is 0 Å². The lowest BCUT2D eigenvalue weighted by atomic mass is 10.1. The van der Waals surface area contributed by atoms with Gasteiger partial charge in [0.2, 0.25) is 0 Å². The van der Waals surface area contributed by atoms with Crippen LogP contribution in [0.5, 0.6) is 0 Å². The Bertz CT molecular complexity index is 775. The molecule has 0 spiro atoms. The smallest absolute Gasteiger partial charge is 0.157 e. The third-order valence-corrected chi connectivity index (χ3v) is 6.85. The summed E-state index contributed by atoms with van der Waals surface area (Å²) in [7, 11) is 0. The van der Waals surface area contributed by atoms with E-state index in [1.54, 1.807) is 0 Å². The lowest BCUT2D eigenvalue weighted by molar-refractivity contribution is -0.140. The first kappa shape index (κ1) is 51.4. The molecule has 0 aromatic rings. The molecule has 0 fully saturated rings. The first-order valence-corrected chi connectivity index (χ1v) is 18.8. The van der Waals surface area contributed by atoms with Gasteiger partial charge in [-0.2, -0.15) is 0 Å². The van der Waals surface area contributed by atoms with Crippen molar-refractivity contribution in [3.8, 4) is 46.8 Å². The van der Waals surface area contributed by atoms with Crippen LogP contribution < -0.4 is 0 Å². The number of ether oxygens (including phenoxy) is 4. The fraction of sp³-hybridized carbons (Fsp3) is 0.805. The Morgan fingerprint density at radius 1 is 0.478 bits per heavy atom. The average molecular weight is 710 g/mol. The monoisotopic (exact) mass is 708 g/mol. The topological polar surface area (TPSA) is 36.9 Å². The highest BCUT2D eigenvalue weighted by Gasteiger charge is 2.07. The number of rotatable bonds is 26. The largest absolute Gasteiger partial charge is 0.353 e. The predicted molar refractivity (Wildman–Crippen MR) is 206 cm³/mol. The van der Waals surface area contributed by atoms with Gasteiger partial charge in [0.25, 0.3) is 0 Å². The quantitative estimate of drug-likeness (QED) is 0.0509. The molecule has 0 heterocycles. The van der Waals surface area contributed by atoms with E-state index in [-0.39, 0.29) is 20.0 Å². The molecule has 5 heteroatoms. The lowest BCUT2D eigenvalue weighted by Gasteiger charge is -2.16. The third kappa shape index (κ3) is 49.4. The zero-order valence-corrected chi connectivity index (χ0v) is 31.8. The van der Waals surface area contributed by atoms with E-state index in [4.69, 9.17) is 25.4 Å². The number of hydrogen-bond donors (Lipinski definition) is 0. The molecule has 0 rings (SSSR count). The highest BCUT2D eigenvalue weighted by atomic mass is 79.9. The van der Waals surface area contributed by atoms with Crippen molar-refractivity contribution in [1.29, 1.82) is 0 Å². The second-order valence-corrected chi connectivity index (χ2v) is 10.9. The Hall–Kier alpha value is -1.44. The Morgan fingerprint density at radius 2 is 0.826 bits per heavy atom. The van der Waals surface area contributed by atoms with Crippen molar-refractivity contribution in [3.05, 3.63) is 0 Å².